The van der Waals surface area contributed by atoms with Crippen molar-refractivity contribution in [2.24, 2.45) is 0 Å². The molecule has 0 atom stereocenters. The number of aromatic nitrogens is 2. The second-order valence-electron chi connectivity index (χ2n) is 4.09. The van der Waals surface area contributed by atoms with Gasteiger partial charge < -0.3 is 10.3 Å². The van der Waals surface area contributed by atoms with Crippen LogP contribution in [-0.4, -0.2) is 10.1 Å². The topological polar surface area (TPSA) is 64.9 Å². The molecule has 0 radical (unpaired) electrons. The lowest BCUT2D eigenvalue weighted by molar-refractivity contribution is 0.433. The number of hydrogen-bond donors (Lipinski definition) is 1. The normalized spacial score (nSPS) is 10.7. The highest BCUT2D eigenvalue weighted by molar-refractivity contribution is 6.31. The van der Waals surface area contributed by atoms with E-state index in [4.69, 9.17) is 21.9 Å². The number of nitrogens with zero attached hydrogens (tertiary/aromatic N) is 2. The quantitative estimate of drug-likeness (QED) is 0.780. The Morgan fingerprint density at radius 1 is 1.15 bits per heavy atom. The first-order chi connectivity index (χ1) is 9.68. The first kappa shape index (κ1) is 12.6. The van der Waals surface area contributed by atoms with Crippen LogP contribution in [0, 0.1) is 5.82 Å². The molecule has 0 amide bonds. The highest BCUT2D eigenvalue weighted by atomic mass is 35.5. The molecular formula is C14H9ClFN3O. The van der Waals surface area contributed by atoms with Crippen LogP contribution in [-0.2, 0) is 0 Å². The van der Waals surface area contributed by atoms with Crippen LogP contribution in [0.1, 0.15) is 0 Å². The largest absolute Gasteiger partial charge is 0.380 e. The van der Waals surface area contributed by atoms with E-state index in [2.05, 4.69) is 10.1 Å². The zero-order chi connectivity index (χ0) is 14.1. The third-order valence-corrected chi connectivity index (χ3v) is 3.13. The van der Waals surface area contributed by atoms with Crippen molar-refractivity contribution in [3.63, 3.8) is 0 Å². The van der Waals surface area contributed by atoms with Crippen LogP contribution in [0.2, 0.25) is 5.02 Å². The average Bonchev–Trinajstić information content (AvgIpc) is 2.84. The lowest BCUT2D eigenvalue weighted by Gasteiger charge is -2.04. The monoisotopic (exact) mass is 289 g/mol. The highest BCUT2D eigenvalue weighted by Crippen LogP contribution is 2.37. The first-order valence-electron chi connectivity index (χ1n) is 5.79. The van der Waals surface area contributed by atoms with Crippen LogP contribution in [0.25, 0.3) is 22.6 Å². The molecule has 0 fully saturated rings. The number of halogens is 2. The Morgan fingerprint density at radius 3 is 2.75 bits per heavy atom. The highest BCUT2D eigenvalue weighted by Gasteiger charge is 2.21. The Labute approximate surface area is 119 Å². The Hall–Kier alpha value is -2.40. The zero-order valence-electron chi connectivity index (χ0n) is 10.2. The second-order valence-corrected chi connectivity index (χ2v) is 4.50. The summed E-state index contributed by atoms with van der Waals surface area (Å²) in [6.07, 6.45) is 1.61. The van der Waals surface area contributed by atoms with Crippen molar-refractivity contribution in [1.82, 2.24) is 10.1 Å². The fourth-order valence-electron chi connectivity index (χ4n) is 1.92. The van der Waals surface area contributed by atoms with Gasteiger partial charge in [0.05, 0.1) is 21.8 Å². The summed E-state index contributed by atoms with van der Waals surface area (Å²) in [6, 6.07) is 9.95. The number of benzene rings is 1. The van der Waals surface area contributed by atoms with E-state index in [0.717, 1.165) is 0 Å². The molecule has 2 heterocycles. The van der Waals surface area contributed by atoms with Gasteiger partial charge in [0.15, 0.2) is 17.4 Å². The number of nitrogen functional groups attached to an aromatic ring is 1. The van der Waals surface area contributed by atoms with Gasteiger partial charge in [0.25, 0.3) is 0 Å². The molecule has 0 saturated carbocycles. The molecule has 0 saturated heterocycles. The molecule has 0 aliphatic heterocycles. The molecule has 0 bridgehead atoms. The standard InChI is InChI=1S/C14H9ClFN3O/c15-9-5-3-4-8(12(9)16)13-11(14(17)19-20-13)10-6-1-2-7-18-10/h1-7H,(H2,17,19). The van der Waals surface area contributed by atoms with Gasteiger partial charge in [-0.1, -0.05) is 28.9 Å². The number of rotatable bonds is 2. The molecule has 0 aliphatic carbocycles. The maximum atomic E-state index is 14.1. The zero-order valence-corrected chi connectivity index (χ0v) is 10.9. The summed E-state index contributed by atoms with van der Waals surface area (Å²) < 4.78 is 19.3. The Morgan fingerprint density at radius 2 is 2.00 bits per heavy atom. The summed E-state index contributed by atoms with van der Waals surface area (Å²) in [6.45, 7) is 0. The van der Waals surface area contributed by atoms with E-state index in [1.165, 1.54) is 6.07 Å². The number of pyridine rings is 1. The minimum Gasteiger partial charge on any atom is -0.380 e. The molecule has 0 unspecified atom stereocenters. The van der Waals surface area contributed by atoms with Crippen LogP contribution in [0.5, 0.6) is 0 Å². The molecule has 20 heavy (non-hydrogen) atoms. The fraction of sp³-hybridized carbons (Fsp3) is 0. The summed E-state index contributed by atoms with van der Waals surface area (Å²) in [5.74, 6) is -0.221. The molecule has 0 aliphatic rings. The fourth-order valence-corrected chi connectivity index (χ4v) is 2.10. The minimum atomic E-state index is -0.581. The van der Waals surface area contributed by atoms with Crippen LogP contribution >= 0.6 is 11.6 Å². The van der Waals surface area contributed by atoms with Gasteiger partial charge in [-0.25, -0.2) is 4.39 Å². The van der Waals surface area contributed by atoms with Gasteiger partial charge in [0.1, 0.15) is 0 Å². The van der Waals surface area contributed by atoms with Crippen molar-refractivity contribution in [2.45, 2.75) is 0 Å². The SMILES string of the molecule is Nc1noc(-c2cccc(Cl)c2F)c1-c1ccccn1. The van der Waals surface area contributed by atoms with Crippen molar-refractivity contribution < 1.29 is 8.91 Å². The lowest BCUT2D eigenvalue weighted by atomic mass is 10.0. The molecular weight excluding hydrogens is 281 g/mol. The molecule has 4 nitrogen and oxygen atoms in total. The molecule has 100 valence electrons. The predicted octanol–water partition coefficient (Wildman–Crippen LogP) is 3.78. The number of anilines is 1. The van der Waals surface area contributed by atoms with Crippen LogP contribution in [0.15, 0.2) is 47.1 Å². The minimum absolute atomic E-state index is 0.00411. The summed E-state index contributed by atoms with van der Waals surface area (Å²) in [7, 11) is 0. The first-order valence-corrected chi connectivity index (χ1v) is 6.17. The van der Waals surface area contributed by atoms with Gasteiger partial charge in [-0.15, -0.1) is 0 Å². The molecule has 1 aromatic carbocycles. The lowest BCUT2D eigenvalue weighted by Crippen LogP contribution is -1.92. The summed E-state index contributed by atoms with van der Waals surface area (Å²) in [4.78, 5) is 4.18. The maximum absolute atomic E-state index is 14.1. The third-order valence-electron chi connectivity index (χ3n) is 2.84. The van der Waals surface area contributed by atoms with Crippen LogP contribution in [0.3, 0.4) is 0 Å². The molecule has 2 N–H and O–H groups in total. The average molecular weight is 290 g/mol. The van der Waals surface area contributed by atoms with Crippen molar-refractivity contribution in [3.05, 3.63) is 53.4 Å². The van der Waals surface area contributed by atoms with Crippen molar-refractivity contribution >= 4 is 17.4 Å². The summed E-state index contributed by atoms with van der Waals surface area (Å²) >= 11 is 5.78. The van der Waals surface area contributed by atoms with Gasteiger partial charge in [0.2, 0.25) is 0 Å². The van der Waals surface area contributed by atoms with Gasteiger partial charge in [-0.3, -0.25) is 4.98 Å². The van der Waals surface area contributed by atoms with Crippen molar-refractivity contribution in [3.8, 4) is 22.6 Å². The van der Waals surface area contributed by atoms with Gasteiger partial charge in [-0.05, 0) is 24.3 Å². The smallest absolute Gasteiger partial charge is 0.181 e. The van der Waals surface area contributed by atoms with E-state index < -0.39 is 5.82 Å². The van der Waals surface area contributed by atoms with E-state index in [1.54, 1.807) is 36.5 Å². The maximum Gasteiger partial charge on any atom is 0.181 e. The van der Waals surface area contributed by atoms with E-state index in [0.29, 0.717) is 11.3 Å². The van der Waals surface area contributed by atoms with Gasteiger partial charge >= 0.3 is 0 Å². The van der Waals surface area contributed by atoms with Crippen molar-refractivity contribution in [2.75, 3.05) is 5.73 Å². The Kier molecular flexibility index (Phi) is 3.12. The number of hydrogen-bond acceptors (Lipinski definition) is 4. The van der Waals surface area contributed by atoms with Gasteiger partial charge in [-0.2, -0.15) is 0 Å². The third kappa shape index (κ3) is 2.02. The van der Waals surface area contributed by atoms with E-state index >= 15 is 0 Å². The van der Waals surface area contributed by atoms with Crippen molar-refractivity contribution in [1.29, 1.82) is 0 Å². The van der Waals surface area contributed by atoms with Crippen LogP contribution in [0.4, 0.5) is 10.2 Å². The van der Waals surface area contributed by atoms with E-state index in [1.807, 2.05) is 0 Å². The molecule has 0 spiro atoms. The van der Waals surface area contributed by atoms with Gasteiger partial charge in [0, 0.05) is 6.20 Å². The Balaban J connectivity index is 2.24. The molecule has 2 aromatic heterocycles. The second kappa shape index (κ2) is 4.94. The van der Waals surface area contributed by atoms with Crippen LogP contribution < -0.4 is 5.73 Å². The molecule has 6 heteroatoms. The molecule has 3 rings (SSSR count). The van der Waals surface area contributed by atoms with E-state index in [9.17, 15) is 4.39 Å². The summed E-state index contributed by atoms with van der Waals surface area (Å²) in [5.41, 5.74) is 7.00. The summed E-state index contributed by atoms with van der Waals surface area (Å²) in [5, 5.41) is 3.70. The molecule has 3 aromatic rings. The Bertz CT molecular complexity index is 758. The van der Waals surface area contributed by atoms with E-state index in [-0.39, 0.29) is 22.2 Å². The number of nitrogens with two attached hydrogens (primary N) is 1. The predicted molar refractivity (Wildman–Crippen MR) is 74.6 cm³/mol.